The number of aromatic nitrogens is 6. The Morgan fingerprint density at radius 1 is 1.08 bits per heavy atom. The monoisotopic (exact) mass is 350 g/mol. The Bertz CT molecular complexity index is 1150. The van der Waals surface area contributed by atoms with Gasteiger partial charge < -0.3 is 4.40 Å². The van der Waals surface area contributed by atoms with Gasteiger partial charge in [0.15, 0.2) is 11.5 Å². The third-order valence-electron chi connectivity index (χ3n) is 5.45. The van der Waals surface area contributed by atoms with Crippen LogP contribution < -0.4 is 0 Å². The first kappa shape index (κ1) is 15.4. The molecule has 4 heterocycles. The zero-order valence-electron chi connectivity index (χ0n) is 15.2. The Kier molecular flexibility index (Phi) is 3.02. The van der Waals surface area contributed by atoms with Crippen LogP contribution in [0.5, 0.6) is 0 Å². The number of imidazole rings is 1. The van der Waals surface area contributed by atoms with E-state index in [0.29, 0.717) is 11.2 Å². The van der Waals surface area contributed by atoms with Crippen molar-refractivity contribution >= 4 is 11.3 Å². The van der Waals surface area contributed by atoms with Crippen LogP contribution in [0.3, 0.4) is 0 Å². The van der Waals surface area contributed by atoms with Crippen LogP contribution in [0.15, 0.2) is 18.5 Å². The highest BCUT2D eigenvalue weighted by atomic mass is 19.1. The van der Waals surface area contributed by atoms with E-state index in [1.54, 1.807) is 13.1 Å². The van der Waals surface area contributed by atoms with Gasteiger partial charge in [0.2, 0.25) is 0 Å². The van der Waals surface area contributed by atoms with Crippen LogP contribution >= 0.6 is 0 Å². The van der Waals surface area contributed by atoms with Crippen molar-refractivity contribution in [3.05, 3.63) is 58.4 Å². The zero-order chi connectivity index (χ0) is 18.2. The Labute approximate surface area is 149 Å². The van der Waals surface area contributed by atoms with E-state index in [1.165, 1.54) is 6.07 Å². The maximum absolute atomic E-state index is 13.9. The molecular formula is C19H19FN6. The fourth-order valence-electron chi connectivity index (χ4n) is 3.75. The van der Waals surface area contributed by atoms with E-state index in [-0.39, 0.29) is 17.7 Å². The van der Waals surface area contributed by atoms with E-state index < -0.39 is 0 Å². The molecule has 0 N–H and O–H groups in total. The highest BCUT2D eigenvalue weighted by Gasteiger charge is 2.45. The molecule has 0 spiro atoms. The van der Waals surface area contributed by atoms with E-state index >= 15 is 0 Å². The van der Waals surface area contributed by atoms with Crippen LogP contribution in [0.4, 0.5) is 4.39 Å². The maximum atomic E-state index is 13.9. The minimum Gasteiger partial charge on any atom is -0.304 e. The summed E-state index contributed by atoms with van der Waals surface area (Å²) in [5.74, 6) is 1.15. The van der Waals surface area contributed by atoms with Crippen molar-refractivity contribution in [2.45, 2.75) is 46.0 Å². The number of pyridine rings is 1. The first-order chi connectivity index (χ1) is 12.5. The minimum atomic E-state index is -0.220. The lowest BCUT2D eigenvalue weighted by Crippen LogP contribution is -1.97. The molecule has 26 heavy (non-hydrogen) atoms. The van der Waals surface area contributed by atoms with Crippen molar-refractivity contribution in [1.29, 1.82) is 0 Å². The molecule has 2 unspecified atom stereocenters. The fraction of sp³-hybridized carbons (Fsp3) is 0.368. The summed E-state index contributed by atoms with van der Waals surface area (Å²) in [6, 6.07) is 1.49. The number of fused-ring (bicyclic) bond motifs is 2. The number of hydrogen-bond donors (Lipinski definition) is 0. The van der Waals surface area contributed by atoms with Crippen molar-refractivity contribution in [1.82, 2.24) is 29.0 Å². The Balaban J connectivity index is 1.56. The SMILES string of the molecule is Cc1c(F)ccn2c(C)c(C3CC3c3nc4c(C)ncc(C)n4n3)nc12. The second-order valence-electron chi connectivity index (χ2n) is 7.20. The molecule has 1 aliphatic carbocycles. The van der Waals surface area contributed by atoms with E-state index in [9.17, 15) is 4.39 Å². The number of rotatable bonds is 2. The minimum absolute atomic E-state index is 0.220. The quantitative estimate of drug-likeness (QED) is 0.556. The topological polar surface area (TPSA) is 60.4 Å². The van der Waals surface area contributed by atoms with Crippen molar-refractivity contribution in [3.63, 3.8) is 0 Å². The van der Waals surface area contributed by atoms with Crippen molar-refractivity contribution in [2.75, 3.05) is 0 Å². The van der Waals surface area contributed by atoms with Crippen molar-refractivity contribution in [2.24, 2.45) is 0 Å². The Morgan fingerprint density at radius 3 is 2.65 bits per heavy atom. The van der Waals surface area contributed by atoms with Crippen LogP contribution in [0.1, 0.15) is 52.4 Å². The summed E-state index contributed by atoms with van der Waals surface area (Å²) >= 11 is 0. The highest BCUT2D eigenvalue weighted by Crippen LogP contribution is 2.54. The summed E-state index contributed by atoms with van der Waals surface area (Å²) < 4.78 is 17.7. The lowest BCUT2D eigenvalue weighted by Gasteiger charge is -2.00. The largest absolute Gasteiger partial charge is 0.304 e. The summed E-state index contributed by atoms with van der Waals surface area (Å²) in [6.07, 6.45) is 4.53. The van der Waals surface area contributed by atoms with Gasteiger partial charge in [-0.15, -0.1) is 0 Å². The lowest BCUT2D eigenvalue weighted by atomic mass is 10.2. The Morgan fingerprint density at radius 2 is 1.88 bits per heavy atom. The second-order valence-corrected chi connectivity index (χ2v) is 7.20. The molecule has 7 heteroatoms. The number of nitrogens with zero attached hydrogens (tertiary/aromatic N) is 6. The van der Waals surface area contributed by atoms with Gasteiger partial charge in [0.25, 0.3) is 0 Å². The standard InChI is InChI=1S/C19H19FN6/c1-9-8-21-11(3)19-23-17(24-26(9)19)14-7-13(14)16-12(4)25-6-5-15(20)10(2)18(25)22-16/h5-6,8,13-14H,7H2,1-4H3. The van der Waals surface area contributed by atoms with Crippen LogP contribution in [0, 0.1) is 33.5 Å². The van der Waals surface area contributed by atoms with Gasteiger partial charge in [-0.3, -0.25) is 4.98 Å². The molecule has 2 atom stereocenters. The molecule has 5 rings (SSSR count). The maximum Gasteiger partial charge on any atom is 0.177 e. The highest BCUT2D eigenvalue weighted by molar-refractivity contribution is 5.53. The smallest absolute Gasteiger partial charge is 0.177 e. The molecule has 132 valence electrons. The van der Waals surface area contributed by atoms with Crippen molar-refractivity contribution in [3.8, 4) is 0 Å². The van der Waals surface area contributed by atoms with Crippen LogP contribution in [0.25, 0.3) is 11.3 Å². The summed E-state index contributed by atoms with van der Waals surface area (Å²) in [4.78, 5) is 13.8. The van der Waals surface area contributed by atoms with Crippen LogP contribution in [-0.4, -0.2) is 29.0 Å². The average Bonchev–Trinajstić information content (AvgIpc) is 3.14. The third-order valence-corrected chi connectivity index (χ3v) is 5.45. The molecule has 0 saturated heterocycles. The molecule has 1 saturated carbocycles. The molecule has 4 aromatic heterocycles. The van der Waals surface area contributed by atoms with Crippen molar-refractivity contribution < 1.29 is 4.39 Å². The molecule has 0 bridgehead atoms. The van der Waals surface area contributed by atoms with Gasteiger partial charge in [-0.25, -0.2) is 18.9 Å². The fourth-order valence-corrected chi connectivity index (χ4v) is 3.75. The molecule has 1 fully saturated rings. The molecule has 6 nitrogen and oxygen atoms in total. The molecule has 1 aliphatic rings. The number of aryl methyl sites for hydroxylation is 4. The predicted molar refractivity (Wildman–Crippen MR) is 95.0 cm³/mol. The number of hydrogen-bond acceptors (Lipinski definition) is 4. The van der Waals surface area contributed by atoms with Gasteiger partial charge in [0, 0.05) is 35.5 Å². The second kappa shape index (κ2) is 5.09. The summed E-state index contributed by atoms with van der Waals surface area (Å²) in [5.41, 5.74) is 6.03. The van der Waals surface area contributed by atoms with Gasteiger partial charge in [-0.2, -0.15) is 5.10 Å². The van der Waals surface area contributed by atoms with Gasteiger partial charge in [-0.05, 0) is 40.2 Å². The zero-order valence-corrected chi connectivity index (χ0v) is 15.2. The van der Waals surface area contributed by atoms with E-state index in [0.717, 1.165) is 40.7 Å². The molecule has 0 aliphatic heterocycles. The normalized spacial score (nSPS) is 19.6. The summed E-state index contributed by atoms with van der Waals surface area (Å²) in [5, 5.41) is 4.70. The van der Waals surface area contributed by atoms with Crippen LogP contribution in [0.2, 0.25) is 0 Å². The third kappa shape index (κ3) is 2.03. The van der Waals surface area contributed by atoms with Gasteiger partial charge in [0.1, 0.15) is 11.5 Å². The predicted octanol–water partition coefficient (Wildman–Crippen LogP) is 3.42. The molecule has 0 aromatic carbocycles. The first-order valence-corrected chi connectivity index (χ1v) is 8.78. The van der Waals surface area contributed by atoms with Gasteiger partial charge in [-0.1, -0.05) is 0 Å². The number of halogens is 1. The van der Waals surface area contributed by atoms with E-state index in [4.69, 9.17) is 15.1 Å². The van der Waals surface area contributed by atoms with Crippen LogP contribution in [-0.2, 0) is 0 Å². The first-order valence-electron chi connectivity index (χ1n) is 8.78. The molecular weight excluding hydrogens is 331 g/mol. The van der Waals surface area contributed by atoms with Gasteiger partial charge >= 0.3 is 0 Å². The summed E-state index contributed by atoms with van der Waals surface area (Å²) in [6.45, 7) is 7.73. The van der Waals surface area contributed by atoms with Gasteiger partial charge in [0.05, 0.1) is 17.1 Å². The van der Waals surface area contributed by atoms with E-state index in [1.807, 2.05) is 35.9 Å². The molecule has 4 aromatic rings. The van der Waals surface area contributed by atoms with E-state index in [2.05, 4.69) is 4.98 Å². The summed E-state index contributed by atoms with van der Waals surface area (Å²) in [7, 11) is 0. The molecule has 0 amide bonds. The average molecular weight is 350 g/mol. The molecule has 0 radical (unpaired) electrons. The lowest BCUT2D eigenvalue weighted by molar-refractivity contribution is 0.617. The Hall–Kier alpha value is -2.83.